The van der Waals surface area contributed by atoms with Crippen molar-refractivity contribution in [2.24, 2.45) is 0 Å². The van der Waals surface area contributed by atoms with Gasteiger partial charge in [-0.2, -0.15) is 0 Å². The number of rotatable bonds is 6. The van der Waals surface area contributed by atoms with Crippen molar-refractivity contribution >= 4 is 102 Å². The summed E-state index contributed by atoms with van der Waals surface area (Å²) in [5.41, 5.74) is 12.8. The van der Waals surface area contributed by atoms with E-state index in [0.29, 0.717) is 0 Å². The highest BCUT2D eigenvalue weighted by Gasteiger charge is 2.51. The van der Waals surface area contributed by atoms with Crippen LogP contribution in [0.1, 0.15) is 27.7 Å². The van der Waals surface area contributed by atoms with Crippen molar-refractivity contribution in [3.8, 4) is 55.6 Å². The lowest BCUT2D eigenvalue weighted by atomic mass is 9.76. The van der Waals surface area contributed by atoms with Crippen molar-refractivity contribution in [1.82, 2.24) is 0 Å². The van der Waals surface area contributed by atoms with Crippen LogP contribution in [0.15, 0.2) is 296 Å². The fraction of sp³-hybridized carbons (Fsp3) is 0.0769. The number of halogens is 1. The van der Waals surface area contributed by atoms with Crippen LogP contribution in [-0.2, 0) is 9.31 Å². The summed E-state index contributed by atoms with van der Waals surface area (Å²) >= 11 is 3.50. The molecule has 1 aliphatic rings. The molecule has 0 amide bonds. The van der Waals surface area contributed by atoms with Crippen LogP contribution in [0.3, 0.4) is 0 Å². The number of benzene rings is 14. The second-order valence-electron chi connectivity index (χ2n) is 22.2. The third-order valence-corrected chi connectivity index (χ3v) is 17.4. The molecule has 1 heterocycles. The van der Waals surface area contributed by atoms with E-state index in [9.17, 15) is 0 Å². The van der Waals surface area contributed by atoms with Gasteiger partial charge < -0.3 is 9.31 Å². The second kappa shape index (κ2) is 23.2. The third kappa shape index (κ3) is 10.5. The molecule has 1 fully saturated rings. The first-order valence-corrected chi connectivity index (χ1v) is 29.1. The van der Waals surface area contributed by atoms with Crippen molar-refractivity contribution < 1.29 is 9.31 Å². The van der Waals surface area contributed by atoms with Crippen molar-refractivity contribution in [2.45, 2.75) is 38.9 Å². The predicted octanol–water partition coefficient (Wildman–Crippen LogP) is 21.0. The summed E-state index contributed by atoms with van der Waals surface area (Å²) in [5, 5.41) is 15.2. The first-order valence-electron chi connectivity index (χ1n) is 28.3. The molecule has 3 radical (unpaired) electrons. The second-order valence-corrected chi connectivity index (χ2v) is 23.1. The molecule has 0 aromatic heterocycles. The van der Waals surface area contributed by atoms with E-state index in [1.807, 2.05) is 12.1 Å². The highest BCUT2D eigenvalue weighted by molar-refractivity contribution is 9.10. The Morgan fingerprint density at radius 3 is 1.05 bits per heavy atom. The maximum absolute atomic E-state index is 6.42. The van der Waals surface area contributed by atoms with Gasteiger partial charge >= 0.3 is 7.12 Å². The molecule has 0 atom stereocenters. The maximum atomic E-state index is 6.42. The van der Waals surface area contributed by atoms with Crippen molar-refractivity contribution in [3.63, 3.8) is 0 Å². The lowest BCUT2D eigenvalue weighted by Crippen LogP contribution is -2.41. The zero-order chi connectivity index (χ0) is 55.8. The van der Waals surface area contributed by atoms with Gasteiger partial charge in [0.2, 0.25) is 0 Å². The van der Waals surface area contributed by atoms with Crippen LogP contribution in [0, 0.1) is 0 Å². The molecule has 14 aromatic carbocycles. The van der Waals surface area contributed by atoms with E-state index in [1.54, 1.807) is 0 Å². The average Bonchev–Trinajstić information content (AvgIpc) is 2.00. The predicted molar refractivity (Wildman–Crippen MR) is 361 cm³/mol. The van der Waals surface area contributed by atoms with Crippen LogP contribution >= 0.6 is 15.9 Å². The Labute approximate surface area is 497 Å². The lowest BCUT2D eigenvalue weighted by Gasteiger charge is -2.32. The maximum Gasteiger partial charge on any atom is 0.494 e. The normalized spacial score (nSPS) is 13.3. The van der Waals surface area contributed by atoms with Gasteiger partial charge in [0.15, 0.2) is 0 Å². The third-order valence-electron chi connectivity index (χ3n) is 16.7. The number of fused-ring (bicyclic) bond motifs is 6. The Kier molecular flexibility index (Phi) is 15.3. The van der Waals surface area contributed by atoms with E-state index in [2.05, 4.69) is 323 Å². The van der Waals surface area contributed by atoms with Crippen LogP contribution in [0.25, 0.3) is 120 Å². The standard InChI is InChI=1S/C36H24.C32H29BO2.C10H7Br.B/c1-3-13-26(14-4-1)35-31-19-9-10-20-32(31)36(27-15-5-2-6-16-27)34-24-28(22-23-33(34)35)30-21-11-17-25-12-7-8-18-29(25)30;1-31(2)32(3,4)35-33(34-31)24-19-20-27-28(21-24)30(23-15-9-6-10-16-23)26-18-12-11-17-25(26)29(27)22-13-7-5-8-14-22;11-10-7-3-5-8-4-1-2-6-9(8)10;/h1-24H;5-21H,1-4H3;1-7H;. The van der Waals surface area contributed by atoms with E-state index in [1.165, 1.54) is 120 Å². The zero-order valence-corrected chi connectivity index (χ0v) is 48.6. The summed E-state index contributed by atoms with van der Waals surface area (Å²) in [6, 6.07) is 104. The summed E-state index contributed by atoms with van der Waals surface area (Å²) in [7, 11) is -0.403. The molecule has 0 aliphatic carbocycles. The molecule has 0 spiro atoms. The molecule has 397 valence electrons. The minimum Gasteiger partial charge on any atom is -0.399 e. The Morgan fingerprint density at radius 1 is 0.277 bits per heavy atom. The van der Waals surface area contributed by atoms with Gasteiger partial charge in [-0.1, -0.05) is 295 Å². The van der Waals surface area contributed by atoms with Crippen molar-refractivity contribution in [3.05, 3.63) is 296 Å². The van der Waals surface area contributed by atoms with Crippen molar-refractivity contribution in [2.75, 3.05) is 0 Å². The van der Waals surface area contributed by atoms with Crippen LogP contribution in [-0.4, -0.2) is 26.7 Å². The van der Waals surface area contributed by atoms with Gasteiger partial charge in [-0.15, -0.1) is 0 Å². The molecule has 1 saturated heterocycles. The highest BCUT2D eigenvalue weighted by Crippen LogP contribution is 2.47. The number of hydrogen-bond acceptors (Lipinski definition) is 2. The molecule has 14 aromatic rings. The van der Waals surface area contributed by atoms with Crippen LogP contribution in [0.2, 0.25) is 0 Å². The molecule has 0 N–H and O–H groups in total. The fourth-order valence-corrected chi connectivity index (χ4v) is 12.5. The van der Waals surface area contributed by atoms with Gasteiger partial charge in [-0.25, -0.2) is 0 Å². The van der Waals surface area contributed by atoms with E-state index in [0.717, 1.165) is 9.94 Å². The molecule has 2 nitrogen and oxygen atoms in total. The molecule has 0 unspecified atom stereocenters. The first-order chi connectivity index (χ1) is 40.1. The summed E-state index contributed by atoms with van der Waals surface area (Å²) < 4.78 is 14.0. The molecular formula is C78H60B2BrO2. The van der Waals surface area contributed by atoms with E-state index in [4.69, 9.17) is 9.31 Å². The van der Waals surface area contributed by atoms with Gasteiger partial charge in [-0.3, -0.25) is 0 Å². The monoisotopic (exact) mass is 1130 g/mol. The van der Waals surface area contributed by atoms with Gasteiger partial charge in [0, 0.05) is 12.9 Å². The van der Waals surface area contributed by atoms with Gasteiger partial charge in [0.1, 0.15) is 0 Å². The molecule has 83 heavy (non-hydrogen) atoms. The van der Waals surface area contributed by atoms with E-state index in [-0.39, 0.29) is 19.6 Å². The quantitative estimate of drug-likeness (QED) is 0.122. The molecule has 15 rings (SSSR count). The summed E-state index contributed by atoms with van der Waals surface area (Å²) in [6.45, 7) is 8.41. The zero-order valence-electron chi connectivity index (χ0n) is 47.1. The van der Waals surface area contributed by atoms with Gasteiger partial charge in [0.05, 0.1) is 11.2 Å². The lowest BCUT2D eigenvalue weighted by molar-refractivity contribution is 0.00578. The molecule has 0 bridgehead atoms. The Balaban J connectivity index is 0.000000137. The van der Waals surface area contributed by atoms with E-state index >= 15 is 0 Å². The van der Waals surface area contributed by atoms with Crippen LogP contribution in [0.4, 0.5) is 0 Å². The van der Waals surface area contributed by atoms with Gasteiger partial charge in [0.25, 0.3) is 0 Å². The summed E-state index contributed by atoms with van der Waals surface area (Å²) in [6.07, 6.45) is 0. The van der Waals surface area contributed by atoms with Gasteiger partial charge in [-0.05, 0) is 166 Å². The van der Waals surface area contributed by atoms with E-state index < -0.39 is 7.12 Å². The average molecular weight is 1130 g/mol. The molecule has 1 aliphatic heterocycles. The largest absolute Gasteiger partial charge is 0.494 e. The number of hydrogen-bond donors (Lipinski definition) is 0. The Bertz CT molecular complexity index is 4610. The molecule has 5 heteroatoms. The fourth-order valence-electron chi connectivity index (χ4n) is 12.0. The smallest absolute Gasteiger partial charge is 0.399 e. The Hall–Kier alpha value is -8.83. The van der Waals surface area contributed by atoms with Crippen LogP contribution < -0.4 is 5.46 Å². The summed E-state index contributed by atoms with van der Waals surface area (Å²) in [4.78, 5) is 0. The molecular weight excluding hydrogens is 1070 g/mol. The molecule has 0 saturated carbocycles. The SMILES string of the molecule is Brc1cccc2ccccc12.CC1(C)OB(c2ccc3c(-c4ccccc4)c4ccccc4c(-c4ccccc4)c3c2)OC1(C)C.[B].c1ccc(-c2c3ccccc3c(-c3ccccc3)c3cc(-c4cccc5ccccc45)ccc23)cc1. The highest BCUT2D eigenvalue weighted by atomic mass is 79.9. The summed E-state index contributed by atoms with van der Waals surface area (Å²) in [5.74, 6) is 0. The Morgan fingerprint density at radius 2 is 0.602 bits per heavy atom. The minimum absolute atomic E-state index is 0. The topological polar surface area (TPSA) is 18.5 Å². The van der Waals surface area contributed by atoms with Crippen LogP contribution in [0.5, 0.6) is 0 Å². The van der Waals surface area contributed by atoms with Crippen molar-refractivity contribution in [1.29, 1.82) is 0 Å². The minimum atomic E-state index is -0.403. The first kappa shape index (κ1) is 54.7.